The van der Waals surface area contributed by atoms with Gasteiger partial charge in [0.1, 0.15) is 0 Å². The van der Waals surface area contributed by atoms with Crippen LogP contribution in [0, 0.1) is 6.92 Å². The first-order valence-electron chi connectivity index (χ1n) is 6.68. The normalized spacial score (nSPS) is 11.0. The molecule has 2 aromatic heterocycles. The van der Waals surface area contributed by atoms with Crippen LogP contribution in [-0.4, -0.2) is 14.3 Å². The molecular weight excluding hydrogens is 320 g/mol. The molecule has 0 atom stereocenters. The summed E-state index contributed by atoms with van der Waals surface area (Å²) in [5, 5.41) is 4.49. The van der Waals surface area contributed by atoms with Gasteiger partial charge < -0.3 is 10.3 Å². The molecule has 6 heteroatoms. The number of hydrogen-bond acceptors (Lipinski definition) is 3. The van der Waals surface area contributed by atoms with Gasteiger partial charge in [0.25, 0.3) is 5.56 Å². The molecule has 0 aliphatic carbocycles. The monoisotopic (exact) mass is 338 g/mol. The van der Waals surface area contributed by atoms with Crippen LogP contribution in [0.4, 0.5) is 5.69 Å². The van der Waals surface area contributed by atoms with E-state index in [1.807, 2.05) is 24.6 Å². The van der Waals surface area contributed by atoms with Crippen LogP contribution in [0.3, 0.4) is 0 Å². The number of halogens is 1. The summed E-state index contributed by atoms with van der Waals surface area (Å²) in [6.07, 6.45) is 2.58. The maximum atomic E-state index is 12.3. The van der Waals surface area contributed by atoms with Gasteiger partial charge in [-0.05, 0) is 47.8 Å². The number of aromatic nitrogens is 3. The van der Waals surface area contributed by atoms with Gasteiger partial charge >= 0.3 is 0 Å². The van der Waals surface area contributed by atoms with Crippen LogP contribution in [0.15, 0.2) is 21.5 Å². The van der Waals surface area contributed by atoms with Crippen molar-refractivity contribution in [2.24, 2.45) is 0 Å². The summed E-state index contributed by atoms with van der Waals surface area (Å²) < 4.78 is 4.07. The lowest BCUT2D eigenvalue weighted by Gasteiger charge is -2.11. The maximum Gasteiger partial charge on any atom is 0.265 e. The summed E-state index contributed by atoms with van der Waals surface area (Å²) in [5.74, 6) is 0. The van der Waals surface area contributed by atoms with E-state index in [1.54, 1.807) is 10.8 Å². The van der Waals surface area contributed by atoms with Crippen molar-refractivity contribution in [1.82, 2.24) is 14.3 Å². The van der Waals surface area contributed by atoms with E-state index >= 15 is 0 Å². The molecule has 0 bridgehead atoms. The Labute approximate surface area is 126 Å². The zero-order chi connectivity index (χ0) is 14.9. The zero-order valence-corrected chi connectivity index (χ0v) is 13.6. The fourth-order valence-corrected chi connectivity index (χ4v) is 2.57. The topological polar surface area (TPSA) is 65.8 Å². The SMILES string of the molecule is CCc1cc(Cn2cc(N)c(C)c(Br)c2=O)n(CC)n1. The van der Waals surface area contributed by atoms with Crippen molar-refractivity contribution in [3.05, 3.63) is 44.0 Å². The fraction of sp³-hybridized carbons (Fsp3) is 0.429. The molecule has 0 fully saturated rings. The van der Waals surface area contributed by atoms with Gasteiger partial charge in [0.05, 0.1) is 28.1 Å². The molecule has 2 aromatic rings. The smallest absolute Gasteiger partial charge is 0.265 e. The zero-order valence-electron chi connectivity index (χ0n) is 12.0. The van der Waals surface area contributed by atoms with Gasteiger partial charge in [0, 0.05) is 12.7 Å². The third-order valence-electron chi connectivity index (χ3n) is 3.41. The summed E-state index contributed by atoms with van der Waals surface area (Å²) in [7, 11) is 0. The highest BCUT2D eigenvalue weighted by molar-refractivity contribution is 9.10. The van der Waals surface area contributed by atoms with Gasteiger partial charge in [-0.15, -0.1) is 0 Å². The fourth-order valence-electron chi connectivity index (χ4n) is 2.12. The number of rotatable bonds is 4. The molecule has 108 valence electrons. The first-order chi connectivity index (χ1) is 9.47. The van der Waals surface area contributed by atoms with Crippen molar-refractivity contribution in [2.75, 3.05) is 5.73 Å². The molecule has 0 unspecified atom stereocenters. The standard InChI is InChI=1S/C14H19BrN4O/c1-4-10-6-11(19(5-2)17-10)7-18-8-12(16)9(3)13(15)14(18)20/h6,8H,4-5,7,16H2,1-3H3. The molecule has 0 aromatic carbocycles. The Morgan fingerprint density at radius 3 is 2.70 bits per heavy atom. The van der Waals surface area contributed by atoms with Gasteiger partial charge in [0.2, 0.25) is 0 Å². The molecule has 2 rings (SSSR count). The van der Waals surface area contributed by atoms with E-state index in [-0.39, 0.29) is 5.56 Å². The second-order valence-electron chi connectivity index (χ2n) is 4.75. The van der Waals surface area contributed by atoms with E-state index in [1.165, 1.54) is 0 Å². The molecule has 2 N–H and O–H groups in total. The summed E-state index contributed by atoms with van der Waals surface area (Å²) >= 11 is 3.31. The van der Waals surface area contributed by atoms with Gasteiger partial charge in [-0.1, -0.05) is 6.92 Å². The van der Waals surface area contributed by atoms with Crippen molar-refractivity contribution < 1.29 is 0 Å². The number of anilines is 1. The summed E-state index contributed by atoms with van der Waals surface area (Å²) in [6, 6.07) is 2.04. The number of nitrogen functional groups attached to an aromatic ring is 1. The average molecular weight is 339 g/mol. The molecule has 0 spiro atoms. The van der Waals surface area contributed by atoms with Gasteiger partial charge in [0.15, 0.2) is 0 Å². The number of pyridine rings is 1. The lowest BCUT2D eigenvalue weighted by atomic mass is 10.2. The highest BCUT2D eigenvalue weighted by Gasteiger charge is 2.11. The summed E-state index contributed by atoms with van der Waals surface area (Å²) in [6.45, 7) is 7.20. The van der Waals surface area contributed by atoms with Gasteiger partial charge in [-0.3, -0.25) is 9.48 Å². The Bertz CT molecular complexity index is 687. The molecule has 20 heavy (non-hydrogen) atoms. The lowest BCUT2D eigenvalue weighted by molar-refractivity contribution is 0.589. The average Bonchev–Trinajstić information content (AvgIpc) is 2.84. The highest BCUT2D eigenvalue weighted by atomic mass is 79.9. The Morgan fingerprint density at radius 2 is 2.10 bits per heavy atom. The van der Waals surface area contributed by atoms with E-state index in [9.17, 15) is 4.79 Å². The Hall–Kier alpha value is -1.56. The van der Waals surface area contributed by atoms with Crippen LogP contribution in [-0.2, 0) is 19.5 Å². The minimum Gasteiger partial charge on any atom is -0.397 e. The summed E-state index contributed by atoms with van der Waals surface area (Å²) in [4.78, 5) is 12.3. The first-order valence-corrected chi connectivity index (χ1v) is 7.47. The van der Waals surface area contributed by atoms with E-state index < -0.39 is 0 Å². The highest BCUT2D eigenvalue weighted by Crippen LogP contribution is 2.18. The maximum absolute atomic E-state index is 12.3. The molecule has 0 aliphatic heterocycles. The largest absolute Gasteiger partial charge is 0.397 e. The number of nitrogens with zero attached hydrogens (tertiary/aromatic N) is 3. The molecule has 0 saturated carbocycles. The summed E-state index contributed by atoms with van der Waals surface area (Å²) in [5.41, 5.74) is 9.30. The van der Waals surface area contributed by atoms with Crippen molar-refractivity contribution in [3.8, 4) is 0 Å². The minimum absolute atomic E-state index is 0.0707. The molecule has 2 heterocycles. The van der Waals surface area contributed by atoms with Gasteiger partial charge in [-0.2, -0.15) is 5.10 Å². The van der Waals surface area contributed by atoms with Crippen LogP contribution < -0.4 is 11.3 Å². The van der Waals surface area contributed by atoms with Crippen molar-refractivity contribution >= 4 is 21.6 Å². The van der Waals surface area contributed by atoms with Crippen LogP contribution in [0.1, 0.15) is 30.8 Å². The molecule has 0 saturated heterocycles. The van der Waals surface area contributed by atoms with Crippen molar-refractivity contribution in [1.29, 1.82) is 0 Å². The molecule has 0 amide bonds. The van der Waals surface area contributed by atoms with E-state index in [0.717, 1.165) is 29.9 Å². The second kappa shape index (κ2) is 5.83. The Morgan fingerprint density at radius 1 is 1.40 bits per heavy atom. The van der Waals surface area contributed by atoms with Crippen LogP contribution >= 0.6 is 15.9 Å². The molecular formula is C14H19BrN4O. The van der Waals surface area contributed by atoms with E-state index in [0.29, 0.717) is 16.7 Å². The minimum atomic E-state index is -0.0707. The lowest BCUT2D eigenvalue weighted by Crippen LogP contribution is -2.24. The molecule has 0 aliphatic rings. The van der Waals surface area contributed by atoms with Crippen molar-refractivity contribution in [3.63, 3.8) is 0 Å². The Kier molecular flexibility index (Phi) is 4.32. The quantitative estimate of drug-likeness (QED) is 0.930. The second-order valence-corrected chi connectivity index (χ2v) is 5.55. The van der Waals surface area contributed by atoms with E-state index in [2.05, 4.69) is 28.0 Å². The number of nitrogens with two attached hydrogens (primary N) is 1. The number of hydrogen-bond donors (Lipinski definition) is 1. The molecule has 5 nitrogen and oxygen atoms in total. The predicted octanol–water partition coefficient (Wildman–Crippen LogP) is 2.33. The number of aryl methyl sites for hydroxylation is 2. The predicted molar refractivity (Wildman–Crippen MR) is 83.9 cm³/mol. The third kappa shape index (κ3) is 2.65. The van der Waals surface area contributed by atoms with Crippen LogP contribution in [0.25, 0.3) is 0 Å². The van der Waals surface area contributed by atoms with E-state index in [4.69, 9.17) is 5.73 Å². The Balaban J connectivity index is 2.45. The van der Waals surface area contributed by atoms with Crippen molar-refractivity contribution in [2.45, 2.75) is 40.3 Å². The third-order valence-corrected chi connectivity index (χ3v) is 4.35. The van der Waals surface area contributed by atoms with Crippen LogP contribution in [0.5, 0.6) is 0 Å². The van der Waals surface area contributed by atoms with Gasteiger partial charge in [-0.25, -0.2) is 0 Å². The molecule has 0 radical (unpaired) electrons. The first kappa shape index (κ1) is 14.8. The van der Waals surface area contributed by atoms with Crippen LogP contribution in [0.2, 0.25) is 0 Å².